The van der Waals surface area contributed by atoms with Gasteiger partial charge in [0, 0.05) is 44.5 Å². The lowest BCUT2D eigenvalue weighted by atomic mass is 10.2. The summed E-state index contributed by atoms with van der Waals surface area (Å²) in [6, 6.07) is 13.7. The van der Waals surface area contributed by atoms with Gasteiger partial charge in [0.05, 0.1) is 19.3 Å². The van der Waals surface area contributed by atoms with Crippen molar-refractivity contribution >= 4 is 0 Å². The van der Waals surface area contributed by atoms with Crippen LogP contribution < -0.4 is 4.74 Å². The van der Waals surface area contributed by atoms with Gasteiger partial charge in [-0.1, -0.05) is 6.07 Å². The van der Waals surface area contributed by atoms with E-state index in [9.17, 15) is 0 Å². The average molecular weight is 365 g/mol. The smallest absolute Gasteiger partial charge is 0.247 e. The Morgan fingerprint density at radius 2 is 1.67 bits per heavy atom. The number of benzene rings is 1. The zero-order valence-electron chi connectivity index (χ0n) is 15.4. The van der Waals surface area contributed by atoms with E-state index in [2.05, 4.69) is 31.0 Å². The fourth-order valence-electron chi connectivity index (χ4n) is 3.19. The molecule has 27 heavy (non-hydrogen) atoms. The standard InChI is InChI=1S/C20H23N5O2/c1-26-18-7-5-16(6-8-18)20-23-22-19(27-20)15-25-12-10-24(11-13-25)14-17-4-2-3-9-21-17/h2-9H,10-15H2,1H3. The molecule has 1 aliphatic rings. The van der Waals surface area contributed by atoms with Crippen LogP contribution in [0.25, 0.3) is 11.5 Å². The van der Waals surface area contributed by atoms with Gasteiger partial charge in [0.25, 0.3) is 0 Å². The first-order chi connectivity index (χ1) is 13.3. The summed E-state index contributed by atoms with van der Waals surface area (Å²) in [5.41, 5.74) is 2.02. The minimum absolute atomic E-state index is 0.543. The minimum atomic E-state index is 0.543. The third-order valence-electron chi connectivity index (χ3n) is 4.74. The molecule has 1 saturated heterocycles. The third kappa shape index (κ3) is 4.50. The minimum Gasteiger partial charge on any atom is -0.497 e. The van der Waals surface area contributed by atoms with E-state index < -0.39 is 0 Å². The number of rotatable bonds is 6. The van der Waals surface area contributed by atoms with Crippen LogP contribution in [0.1, 0.15) is 11.6 Å². The fraction of sp³-hybridized carbons (Fsp3) is 0.350. The van der Waals surface area contributed by atoms with Crippen LogP contribution in [-0.2, 0) is 13.1 Å². The molecule has 7 heteroatoms. The number of hydrogen-bond acceptors (Lipinski definition) is 7. The summed E-state index contributed by atoms with van der Waals surface area (Å²) >= 11 is 0. The van der Waals surface area contributed by atoms with Crippen LogP contribution >= 0.6 is 0 Å². The van der Waals surface area contributed by atoms with E-state index in [1.807, 2.05) is 42.6 Å². The Hall–Kier alpha value is -2.77. The van der Waals surface area contributed by atoms with Gasteiger partial charge >= 0.3 is 0 Å². The van der Waals surface area contributed by atoms with Gasteiger partial charge in [0.2, 0.25) is 11.8 Å². The molecular formula is C20H23N5O2. The average Bonchev–Trinajstić information content (AvgIpc) is 3.19. The molecule has 3 aromatic rings. The SMILES string of the molecule is COc1ccc(-c2nnc(CN3CCN(Cc4ccccn4)CC3)o2)cc1. The summed E-state index contributed by atoms with van der Waals surface area (Å²) in [5.74, 6) is 2.00. The number of aromatic nitrogens is 3. The van der Waals surface area contributed by atoms with E-state index in [0.717, 1.165) is 49.7 Å². The summed E-state index contributed by atoms with van der Waals surface area (Å²) in [5, 5.41) is 8.38. The Morgan fingerprint density at radius 3 is 2.33 bits per heavy atom. The van der Waals surface area contributed by atoms with Crippen LogP contribution in [-0.4, -0.2) is 58.3 Å². The van der Waals surface area contributed by atoms with Crippen LogP contribution in [0, 0.1) is 0 Å². The van der Waals surface area contributed by atoms with E-state index in [0.29, 0.717) is 18.3 Å². The molecule has 1 aliphatic heterocycles. The maximum absolute atomic E-state index is 5.84. The molecule has 0 spiro atoms. The Bertz CT molecular complexity index is 842. The molecule has 0 N–H and O–H groups in total. The molecule has 0 saturated carbocycles. The molecule has 0 bridgehead atoms. The van der Waals surface area contributed by atoms with Crippen LogP contribution in [0.2, 0.25) is 0 Å². The van der Waals surface area contributed by atoms with Crippen molar-refractivity contribution in [1.82, 2.24) is 25.0 Å². The van der Waals surface area contributed by atoms with Gasteiger partial charge in [-0.25, -0.2) is 0 Å². The second-order valence-electron chi connectivity index (χ2n) is 6.60. The van der Waals surface area contributed by atoms with E-state index in [-0.39, 0.29) is 0 Å². The van der Waals surface area contributed by atoms with Crippen molar-refractivity contribution in [3.63, 3.8) is 0 Å². The van der Waals surface area contributed by atoms with Crippen molar-refractivity contribution in [2.45, 2.75) is 13.1 Å². The Labute approximate surface area is 158 Å². The highest BCUT2D eigenvalue weighted by Crippen LogP contribution is 2.21. The monoisotopic (exact) mass is 365 g/mol. The quantitative estimate of drug-likeness (QED) is 0.665. The molecule has 2 aromatic heterocycles. The first kappa shape index (κ1) is 17.6. The fourth-order valence-corrected chi connectivity index (χ4v) is 3.19. The van der Waals surface area contributed by atoms with E-state index in [1.165, 1.54) is 0 Å². The van der Waals surface area contributed by atoms with Crippen LogP contribution in [0.3, 0.4) is 0 Å². The topological polar surface area (TPSA) is 67.5 Å². The largest absolute Gasteiger partial charge is 0.497 e. The highest BCUT2D eigenvalue weighted by molar-refractivity contribution is 5.53. The third-order valence-corrected chi connectivity index (χ3v) is 4.74. The van der Waals surface area contributed by atoms with Crippen molar-refractivity contribution in [2.24, 2.45) is 0 Å². The first-order valence-corrected chi connectivity index (χ1v) is 9.11. The Morgan fingerprint density at radius 1 is 0.926 bits per heavy atom. The zero-order chi connectivity index (χ0) is 18.5. The number of ether oxygens (including phenoxy) is 1. The van der Waals surface area contributed by atoms with Gasteiger partial charge in [-0.3, -0.25) is 14.8 Å². The Balaban J connectivity index is 1.30. The van der Waals surface area contributed by atoms with Crippen LogP contribution in [0.15, 0.2) is 53.1 Å². The van der Waals surface area contributed by atoms with Crippen molar-refractivity contribution in [1.29, 1.82) is 0 Å². The summed E-state index contributed by atoms with van der Waals surface area (Å²) in [4.78, 5) is 9.18. The summed E-state index contributed by atoms with van der Waals surface area (Å²) < 4.78 is 11.0. The highest BCUT2D eigenvalue weighted by Gasteiger charge is 2.19. The number of hydrogen-bond donors (Lipinski definition) is 0. The summed E-state index contributed by atoms with van der Waals surface area (Å²) in [7, 11) is 1.65. The van der Waals surface area contributed by atoms with Crippen molar-refractivity contribution < 1.29 is 9.15 Å². The normalized spacial score (nSPS) is 15.7. The molecular weight excluding hydrogens is 342 g/mol. The van der Waals surface area contributed by atoms with Gasteiger partial charge in [-0.15, -0.1) is 10.2 Å². The second-order valence-corrected chi connectivity index (χ2v) is 6.60. The lowest BCUT2D eigenvalue weighted by Crippen LogP contribution is -2.45. The molecule has 0 radical (unpaired) electrons. The zero-order valence-corrected chi connectivity index (χ0v) is 15.4. The first-order valence-electron chi connectivity index (χ1n) is 9.11. The lowest BCUT2D eigenvalue weighted by Gasteiger charge is -2.33. The van der Waals surface area contributed by atoms with Crippen LogP contribution in [0.4, 0.5) is 0 Å². The predicted octanol–water partition coefficient (Wildman–Crippen LogP) is 2.46. The maximum atomic E-state index is 5.84. The molecule has 3 heterocycles. The number of methoxy groups -OCH3 is 1. The molecule has 1 fully saturated rings. The molecule has 140 valence electrons. The van der Waals surface area contributed by atoms with Gasteiger partial charge in [-0.05, 0) is 36.4 Å². The van der Waals surface area contributed by atoms with Gasteiger partial charge < -0.3 is 9.15 Å². The Kier molecular flexibility index (Phi) is 5.41. The maximum Gasteiger partial charge on any atom is 0.247 e. The second kappa shape index (κ2) is 8.28. The lowest BCUT2D eigenvalue weighted by molar-refractivity contribution is 0.113. The molecule has 0 amide bonds. The summed E-state index contributed by atoms with van der Waals surface area (Å²) in [6.45, 7) is 5.56. The van der Waals surface area contributed by atoms with E-state index in [4.69, 9.17) is 9.15 Å². The number of nitrogens with zero attached hydrogens (tertiary/aromatic N) is 5. The summed E-state index contributed by atoms with van der Waals surface area (Å²) in [6.07, 6.45) is 1.85. The van der Waals surface area contributed by atoms with E-state index >= 15 is 0 Å². The molecule has 4 rings (SSSR count). The van der Waals surface area contributed by atoms with Crippen molar-refractivity contribution in [2.75, 3.05) is 33.3 Å². The molecule has 1 aromatic carbocycles. The number of piperazine rings is 1. The molecule has 0 aliphatic carbocycles. The highest BCUT2D eigenvalue weighted by atomic mass is 16.5. The van der Waals surface area contributed by atoms with Gasteiger partial charge in [0.15, 0.2) is 0 Å². The molecule has 7 nitrogen and oxygen atoms in total. The number of pyridine rings is 1. The molecule has 0 atom stereocenters. The predicted molar refractivity (Wildman–Crippen MR) is 101 cm³/mol. The van der Waals surface area contributed by atoms with Crippen molar-refractivity contribution in [3.8, 4) is 17.2 Å². The van der Waals surface area contributed by atoms with Crippen molar-refractivity contribution in [3.05, 3.63) is 60.2 Å². The van der Waals surface area contributed by atoms with Gasteiger partial charge in [0.1, 0.15) is 5.75 Å². The van der Waals surface area contributed by atoms with Crippen LogP contribution in [0.5, 0.6) is 5.75 Å². The molecule has 0 unspecified atom stereocenters. The van der Waals surface area contributed by atoms with Gasteiger partial charge in [-0.2, -0.15) is 0 Å². The van der Waals surface area contributed by atoms with E-state index in [1.54, 1.807) is 7.11 Å².